The lowest BCUT2D eigenvalue weighted by Crippen LogP contribution is -2.31. The highest BCUT2D eigenvalue weighted by Gasteiger charge is 2.07. The largest absolute Gasteiger partial charge is 0.396 e. The number of nitrogens with zero attached hydrogens (tertiary/aromatic N) is 2. The Hall–Kier alpha value is -1.76. The number of aromatic nitrogens is 2. The summed E-state index contributed by atoms with van der Waals surface area (Å²) < 4.78 is 0. The van der Waals surface area contributed by atoms with Crippen molar-refractivity contribution >= 4 is 10.9 Å². The van der Waals surface area contributed by atoms with Crippen LogP contribution in [0, 0.1) is 0 Å². The van der Waals surface area contributed by atoms with Gasteiger partial charge in [-0.25, -0.2) is 4.98 Å². The van der Waals surface area contributed by atoms with Crippen LogP contribution in [0.2, 0.25) is 0 Å². The maximum absolute atomic E-state index is 12.0. The van der Waals surface area contributed by atoms with Gasteiger partial charge in [0, 0.05) is 32.7 Å². The van der Waals surface area contributed by atoms with Crippen LogP contribution in [0.15, 0.2) is 29.1 Å². The molecule has 1 aromatic carbocycles. The van der Waals surface area contributed by atoms with Gasteiger partial charge >= 0.3 is 0 Å². The molecule has 1 heterocycles. The Bertz CT molecular complexity index is 627. The first-order valence-corrected chi connectivity index (χ1v) is 7.16. The zero-order chi connectivity index (χ0) is 15.1. The third kappa shape index (κ3) is 4.35. The van der Waals surface area contributed by atoms with E-state index < -0.39 is 0 Å². The van der Waals surface area contributed by atoms with Crippen molar-refractivity contribution in [2.45, 2.75) is 12.8 Å². The molecular formula is C15H21N3O3. The van der Waals surface area contributed by atoms with Crippen molar-refractivity contribution in [1.29, 1.82) is 0 Å². The molecule has 2 aromatic rings. The fourth-order valence-electron chi connectivity index (χ4n) is 2.29. The van der Waals surface area contributed by atoms with Gasteiger partial charge in [0.2, 0.25) is 0 Å². The Morgan fingerprint density at radius 2 is 1.90 bits per heavy atom. The van der Waals surface area contributed by atoms with E-state index in [0.717, 1.165) is 6.54 Å². The van der Waals surface area contributed by atoms with Gasteiger partial charge in [0.25, 0.3) is 5.56 Å². The summed E-state index contributed by atoms with van der Waals surface area (Å²) in [6.45, 7) is 2.16. The number of hydrogen-bond donors (Lipinski definition) is 3. The van der Waals surface area contributed by atoms with Crippen LogP contribution in [0.4, 0.5) is 0 Å². The van der Waals surface area contributed by atoms with Gasteiger partial charge < -0.3 is 20.1 Å². The average Bonchev–Trinajstić information content (AvgIpc) is 2.50. The molecule has 2 rings (SSSR count). The maximum Gasteiger partial charge on any atom is 0.258 e. The predicted molar refractivity (Wildman–Crippen MR) is 81.3 cm³/mol. The molecule has 1 aromatic heterocycles. The molecule has 0 spiro atoms. The van der Waals surface area contributed by atoms with E-state index in [2.05, 4.69) is 9.97 Å². The minimum absolute atomic E-state index is 0.0765. The number of hydrogen-bond acceptors (Lipinski definition) is 5. The first kappa shape index (κ1) is 15.6. The van der Waals surface area contributed by atoms with Gasteiger partial charge in [-0.3, -0.25) is 4.79 Å². The van der Waals surface area contributed by atoms with Gasteiger partial charge in [0.1, 0.15) is 5.82 Å². The van der Waals surface area contributed by atoms with Gasteiger partial charge in [-0.2, -0.15) is 0 Å². The van der Waals surface area contributed by atoms with E-state index in [0.29, 0.717) is 42.7 Å². The SMILES string of the molecule is O=c1[nH]c(CCN(CCO)CCCO)nc2ccccc12. The van der Waals surface area contributed by atoms with Crippen LogP contribution in [0.5, 0.6) is 0 Å². The number of fused-ring (bicyclic) bond motifs is 1. The normalized spacial score (nSPS) is 11.4. The molecule has 0 aliphatic rings. The molecule has 0 aliphatic carbocycles. The Morgan fingerprint density at radius 1 is 1.10 bits per heavy atom. The molecule has 0 amide bonds. The number of nitrogens with one attached hydrogen (secondary N) is 1. The van der Waals surface area contributed by atoms with Crippen LogP contribution < -0.4 is 5.56 Å². The number of para-hydroxylation sites is 1. The van der Waals surface area contributed by atoms with Gasteiger partial charge in [0.05, 0.1) is 17.5 Å². The van der Waals surface area contributed by atoms with Gasteiger partial charge in [-0.15, -0.1) is 0 Å². The summed E-state index contributed by atoms with van der Waals surface area (Å²) in [7, 11) is 0. The third-order valence-corrected chi connectivity index (χ3v) is 3.38. The van der Waals surface area contributed by atoms with Crippen LogP contribution in [-0.4, -0.2) is 57.9 Å². The highest BCUT2D eigenvalue weighted by Crippen LogP contribution is 2.06. The zero-order valence-electron chi connectivity index (χ0n) is 12.0. The number of aliphatic hydroxyl groups excluding tert-OH is 2. The second-order valence-electron chi connectivity index (χ2n) is 4.92. The van der Waals surface area contributed by atoms with E-state index in [1.54, 1.807) is 6.07 Å². The molecule has 6 nitrogen and oxygen atoms in total. The monoisotopic (exact) mass is 291 g/mol. The molecule has 0 atom stereocenters. The van der Waals surface area contributed by atoms with Crippen molar-refractivity contribution in [3.05, 3.63) is 40.4 Å². The lowest BCUT2D eigenvalue weighted by atomic mass is 10.2. The lowest BCUT2D eigenvalue weighted by Gasteiger charge is -2.20. The molecule has 21 heavy (non-hydrogen) atoms. The number of H-pyrrole nitrogens is 1. The molecule has 0 saturated heterocycles. The maximum atomic E-state index is 12.0. The summed E-state index contributed by atoms with van der Waals surface area (Å²) in [4.78, 5) is 21.3. The summed E-state index contributed by atoms with van der Waals surface area (Å²) >= 11 is 0. The second-order valence-corrected chi connectivity index (χ2v) is 4.92. The number of aliphatic hydroxyl groups is 2. The van der Waals surface area contributed by atoms with E-state index in [1.807, 2.05) is 23.1 Å². The lowest BCUT2D eigenvalue weighted by molar-refractivity contribution is 0.180. The standard InChI is InChI=1S/C15H21N3O3/c19-10-3-7-18(9-11-20)8-6-14-16-13-5-2-1-4-12(13)15(21)17-14/h1-2,4-5,19-20H,3,6-11H2,(H,16,17,21). The first-order chi connectivity index (χ1) is 10.2. The number of rotatable bonds is 8. The molecule has 0 saturated carbocycles. The predicted octanol–water partition coefficient (Wildman–Crippen LogP) is 0.142. The van der Waals surface area contributed by atoms with Crippen molar-refractivity contribution in [2.24, 2.45) is 0 Å². The zero-order valence-corrected chi connectivity index (χ0v) is 12.0. The molecule has 6 heteroatoms. The molecule has 0 unspecified atom stereocenters. The molecule has 114 valence electrons. The summed E-state index contributed by atoms with van der Waals surface area (Å²) in [5.74, 6) is 0.644. The Morgan fingerprint density at radius 3 is 2.67 bits per heavy atom. The first-order valence-electron chi connectivity index (χ1n) is 7.16. The van der Waals surface area contributed by atoms with Gasteiger partial charge in [-0.1, -0.05) is 12.1 Å². The molecule has 3 N–H and O–H groups in total. The smallest absolute Gasteiger partial charge is 0.258 e. The van der Waals surface area contributed by atoms with Crippen molar-refractivity contribution in [2.75, 3.05) is 32.8 Å². The van der Waals surface area contributed by atoms with Gasteiger partial charge in [-0.05, 0) is 18.6 Å². The highest BCUT2D eigenvalue weighted by atomic mass is 16.3. The minimum atomic E-state index is -0.125. The fourth-order valence-corrected chi connectivity index (χ4v) is 2.29. The Balaban J connectivity index is 2.06. The van der Waals surface area contributed by atoms with Crippen LogP contribution in [-0.2, 0) is 6.42 Å². The van der Waals surface area contributed by atoms with Crippen molar-refractivity contribution in [3.63, 3.8) is 0 Å². The molecular weight excluding hydrogens is 270 g/mol. The molecule has 0 radical (unpaired) electrons. The van der Waals surface area contributed by atoms with Crippen LogP contribution in [0.3, 0.4) is 0 Å². The van der Waals surface area contributed by atoms with E-state index >= 15 is 0 Å². The summed E-state index contributed by atoms with van der Waals surface area (Å²) in [5, 5.41) is 18.5. The second kappa shape index (κ2) is 7.87. The van der Waals surface area contributed by atoms with E-state index in [4.69, 9.17) is 10.2 Å². The highest BCUT2D eigenvalue weighted by molar-refractivity contribution is 5.77. The van der Waals surface area contributed by atoms with E-state index in [-0.39, 0.29) is 18.8 Å². The molecule has 0 aliphatic heterocycles. The average molecular weight is 291 g/mol. The van der Waals surface area contributed by atoms with Crippen molar-refractivity contribution in [1.82, 2.24) is 14.9 Å². The Labute approximate surface area is 123 Å². The topological polar surface area (TPSA) is 89.5 Å². The molecule has 0 bridgehead atoms. The van der Waals surface area contributed by atoms with Crippen LogP contribution >= 0.6 is 0 Å². The van der Waals surface area contributed by atoms with Crippen LogP contribution in [0.1, 0.15) is 12.2 Å². The fraction of sp³-hybridized carbons (Fsp3) is 0.467. The van der Waals surface area contributed by atoms with Crippen LogP contribution in [0.25, 0.3) is 10.9 Å². The number of benzene rings is 1. The van der Waals surface area contributed by atoms with E-state index in [9.17, 15) is 4.79 Å². The summed E-state index contributed by atoms with van der Waals surface area (Å²) in [5.41, 5.74) is 0.569. The summed E-state index contributed by atoms with van der Waals surface area (Å²) in [6, 6.07) is 7.25. The van der Waals surface area contributed by atoms with Crippen molar-refractivity contribution in [3.8, 4) is 0 Å². The molecule has 0 fully saturated rings. The van der Waals surface area contributed by atoms with E-state index in [1.165, 1.54) is 0 Å². The van der Waals surface area contributed by atoms with Gasteiger partial charge in [0.15, 0.2) is 0 Å². The summed E-state index contributed by atoms with van der Waals surface area (Å²) in [6.07, 6.45) is 1.27. The minimum Gasteiger partial charge on any atom is -0.396 e. The quantitative estimate of drug-likeness (QED) is 0.644. The van der Waals surface area contributed by atoms with Crippen molar-refractivity contribution < 1.29 is 10.2 Å². The third-order valence-electron chi connectivity index (χ3n) is 3.38. The Kier molecular flexibility index (Phi) is 5.86. The number of aromatic amines is 1.